The molecule has 0 aromatic heterocycles. The third kappa shape index (κ3) is 3.95. The molecule has 0 aliphatic heterocycles. The summed E-state index contributed by atoms with van der Waals surface area (Å²) in [6.07, 6.45) is 4.62. The second kappa shape index (κ2) is 5.69. The minimum Gasteiger partial charge on any atom is -0.393 e. The number of rotatable bonds is 4. The Morgan fingerprint density at radius 1 is 1.29 bits per heavy atom. The van der Waals surface area contributed by atoms with E-state index in [2.05, 4.69) is 12.2 Å². The Kier molecular flexibility index (Phi) is 4.85. The molecule has 3 N–H and O–H groups in total. The molecule has 3 nitrogen and oxygen atoms in total. The van der Waals surface area contributed by atoms with Gasteiger partial charge in [0.1, 0.15) is 0 Å². The van der Waals surface area contributed by atoms with E-state index in [1.807, 2.05) is 0 Å². The molecule has 84 valence electrons. The smallest absolute Gasteiger partial charge is 0.0693 e. The van der Waals surface area contributed by atoms with Gasteiger partial charge >= 0.3 is 0 Å². The van der Waals surface area contributed by atoms with E-state index in [1.165, 1.54) is 6.42 Å². The van der Waals surface area contributed by atoms with Crippen LogP contribution >= 0.6 is 0 Å². The Morgan fingerprint density at radius 3 is 2.50 bits per heavy atom. The Hall–Kier alpha value is -0.120. The highest BCUT2D eigenvalue weighted by Crippen LogP contribution is 2.19. The molecule has 1 aliphatic rings. The molecule has 2 unspecified atom stereocenters. The molecule has 4 atom stereocenters. The molecule has 0 saturated heterocycles. The topological polar surface area (TPSA) is 52.5 Å². The Morgan fingerprint density at radius 2 is 1.93 bits per heavy atom. The SMILES string of the molecule is CC(O)CC(C)N[C@H]1CCCC[C@@H]1O. The Labute approximate surface area is 86.5 Å². The number of hydrogen-bond donors (Lipinski definition) is 3. The first kappa shape index (κ1) is 12.0. The summed E-state index contributed by atoms with van der Waals surface area (Å²) < 4.78 is 0. The number of nitrogens with one attached hydrogen (secondary N) is 1. The van der Waals surface area contributed by atoms with Crippen molar-refractivity contribution in [1.82, 2.24) is 5.32 Å². The van der Waals surface area contributed by atoms with Crippen molar-refractivity contribution in [2.45, 2.75) is 70.2 Å². The van der Waals surface area contributed by atoms with Crippen LogP contribution in [0.3, 0.4) is 0 Å². The van der Waals surface area contributed by atoms with Gasteiger partial charge in [0.2, 0.25) is 0 Å². The van der Waals surface area contributed by atoms with Crippen LogP contribution in [0.4, 0.5) is 0 Å². The van der Waals surface area contributed by atoms with Crippen molar-refractivity contribution in [3.05, 3.63) is 0 Å². The van der Waals surface area contributed by atoms with Crippen molar-refractivity contribution in [3.63, 3.8) is 0 Å². The van der Waals surface area contributed by atoms with Gasteiger partial charge in [-0.05, 0) is 33.1 Å². The highest BCUT2D eigenvalue weighted by molar-refractivity contribution is 4.82. The molecule has 1 rings (SSSR count). The lowest BCUT2D eigenvalue weighted by Crippen LogP contribution is -2.46. The van der Waals surface area contributed by atoms with Gasteiger partial charge in [-0.3, -0.25) is 0 Å². The van der Waals surface area contributed by atoms with Crippen LogP contribution in [0.5, 0.6) is 0 Å². The third-order valence-electron chi connectivity index (χ3n) is 2.92. The van der Waals surface area contributed by atoms with E-state index in [-0.39, 0.29) is 24.3 Å². The second-order valence-corrected chi connectivity index (χ2v) is 4.61. The second-order valence-electron chi connectivity index (χ2n) is 4.61. The number of aliphatic hydroxyl groups excluding tert-OH is 2. The monoisotopic (exact) mass is 201 g/mol. The minimum absolute atomic E-state index is 0.194. The van der Waals surface area contributed by atoms with Crippen LogP contribution in [0.25, 0.3) is 0 Å². The molecular formula is C11H23NO2. The predicted octanol–water partition coefficient (Wildman–Crippen LogP) is 1.04. The molecule has 0 spiro atoms. The highest BCUT2D eigenvalue weighted by atomic mass is 16.3. The van der Waals surface area contributed by atoms with Crippen molar-refractivity contribution < 1.29 is 10.2 Å². The van der Waals surface area contributed by atoms with Gasteiger partial charge in [-0.25, -0.2) is 0 Å². The van der Waals surface area contributed by atoms with E-state index in [4.69, 9.17) is 0 Å². The lowest BCUT2D eigenvalue weighted by molar-refractivity contribution is 0.0798. The van der Waals surface area contributed by atoms with Crippen LogP contribution in [0.1, 0.15) is 46.0 Å². The zero-order valence-electron chi connectivity index (χ0n) is 9.24. The van der Waals surface area contributed by atoms with Gasteiger partial charge in [-0.1, -0.05) is 12.8 Å². The van der Waals surface area contributed by atoms with Crippen molar-refractivity contribution in [2.24, 2.45) is 0 Å². The number of aliphatic hydroxyl groups is 2. The summed E-state index contributed by atoms with van der Waals surface area (Å²) in [5, 5.41) is 22.3. The molecule has 1 fully saturated rings. The first-order valence-corrected chi connectivity index (χ1v) is 5.71. The van der Waals surface area contributed by atoms with Gasteiger partial charge in [-0.2, -0.15) is 0 Å². The zero-order valence-corrected chi connectivity index (χ0v) is 9.24. The fourth-order valence-corrected chi connectivity index (χ4v) is 2.25. The van der Waals surface area contributed by atoms with Crippen molar-refractivity contribution in [2.75, 3.05) is 0 Å². The lowest BCUT2D eigenvalue weighted by atomic mass is 9.92. The first-order chi connectivity index (χ1) is 6.59. The fraction of sp³-hybridized carbons (Fsp3) is 1.00. The van der Waals surface area contributed by atoms with Crippen LogP contribution in [-0.4, -0.2) is 34.5 Å². The van der Waals surface area contributed by atoms with E-state index >= 15 is 0 Å². The maximum absolute atomic E-state index is 9.73. The predicted molar refractivity (Wildman–Crippen MR) is 57.2 cm³/mol. The summed E-state index contributed by atoms with van der Waals surface area (Å²) in [7, 11) is 0. The molecule has 0 aromatic carbocycles. The lowest BCUT2D eigenvalue weighted by Gasteiger charge is -2.31. The largest absolute Gasteiger partial charge is 0.393 e. The normalized spacial score (nSPS) is 32.6. The van der Waals surface area contributed by atoms with E-state index in [9.17, 15) is 10.2 Å². The van der Waals surface area contributed by atoms with Crippen LogP contribution < -0.4 is 5.32 Å². The molecule has 0 aromatic rings. The summed E-state index contributed by atoms with van der Waals surface area (Å²) in [4.78, 5) is 0. The van der Waals surface area contributed by atoms with Gasteiger partial charge in [0.25, 0.3) is 0 Å². The summed E-state index contributed by atoms with van der Waals surface area (Å²) in [6.45, 7) is 3.86. The van der Waals surface area contributed by atoms with Crippen LogP contribution in [0.15, 0.2) is 0 Å². The molecule has 1 saturated carbocycles. The summed E-state index contributed by atoms with van der Waals surface area (Å²) in [5.41, 5.74) is 0. The molecule has 0 heterocycles. The molecule has 0 bridgehead atoms. The Bertz CT molecular complexity index is 161. The third-order valence-corrected chi connectivity index (χ3v) is 2.92. The molecule has 14 heavy (non-hydrogen) atoms. The van der Waals surface area contributed by atoms with Crippen LogP contribution in [0, 0.1) is 0 Å². The van der Waals surface area contributed by atoms with Gasteiger partial charge in [0.15, 0.2) is 0 Å². The maximum atomic E-state index is 9.73. The highest BCUT2D eigenvalue weighted by Gasteiger charge is 2.24. The van der Waals surface area contributed by atoms with E-state index in [0.717, 1.165) is 25.7 Å². The average molecular weight is 201 g/mol. The fourth-order valence-electron chi connectivity index (χ4n) is 2.25. The van der Waals surface area contributed by atoms with Crippen LogP contribution in [0.2, 0.25) is 0 Å². The Balaban J connectivity index is 2.27. The van der Waals surface area contributed by atoms with Gasteiger partial charge in [-0.15, -0.1) is 0 Å². The van der Waals surface area contributed by atoms with Crippen molar-refractivity contribution in [1.29, 1.82) is 0 Å². The molecule has 1 aliphatic carbocycles. The van der Waals surface area contributed by atoms with Gasteiger partial charge in [0.05, 0.1) is 12.2 Å². The van der Waals surface area contributed by atoms with Crippen LogP contribution in [-0.2, 0) is 0 Å². The molecule has 3 heteroatoms. The first-order valence-electron chi connectivity index (χ1n) is 5.71. The van der Waals surface area contributed by atoms with Gasteiger partial charge < -0.3 is 15.5 Å². The van der Waals surface area contributed by atoms with E-state index in [1.54, 1.807) is 6.92 Å². The van der Waals surface area contributed by atoms with E-state index < -0.39 is 0 Å². The van der Waals surface area contributed by atoms with Crippen molar-refractivity contribution in [3.8, 4) is 0 Å². The summed E-state index contributed by atoms with van der Waals surface area (Å²) >= 11 is 0. The summed E-state index contributed by atoms with van der Waals surface area (Å²) in [5.74, 6) is 0. The molecule has 0 amide bonds. The maximum Gasteiger partial charge on any atom is 0.0693 e. The quantitative estimate of drug-likeness (QED) is 0.637. The minimum atomic E-state index is -0.266. The molecule has 0 radical (unpaired) electrons. The number of hydrogen-bond acceptors (Lipinski definition) is 3. The summed E-state index contributed by atoms with van der Waals surface area (Å²) in [6, 6.07) is 0.519. The average Bonchev–Trinajstić information content (AvgIpc) is 2.07. The van der Waals surface area contributed by atoms with Crippen molar-refractivity contribution >= 4 is 0 Å². The van der Waals surface area contributed by atoms with E-state index in [0.29, 0.717) is 0 Å². The standard InChI is InChI=1S/C11H23NO2/c1-8(7-9(2)13)12-10-5-3-4-6-11(10)14/h8-14H,3-7H2,1-2H3/t8?,9?,10-,11-/m0/s1. The van der Waals surface area contributed by atoms with Gasteiger partial charge in [0, 0.05) is 12.1 Å². The zero-order chi connectivity index (χ0) is 10.6. The molecular weight excluding hydrogens is 178 g/mol.